The lowest BCUT2D eigenvalue weighted by atomic mass is 10.1. The molecule has 16 heavy (non-hydrogen) atoms. The lowest BCUT2D eigenvalue weighted by Crippen LogP contribution is -2.38. The number of aliphatic hydroxyl groups is 1. The Bertz CT molecular complexity index is 323. The molecule has 1 rings (SSSR count). The summed E-state index contributed by atoms with van der Waals surface area (Å²) in [6.07, 6.45) is -0.241. The molecule has 0 radical (unpaired) electrons. The molecule has 0 fully saturated rings. The second-order valence-corrected chi connectivity index (χ2v) is 3.29. The Hall–Kier alpha value is -1.72. The maximum Gasteiger partial charge on any atom is 0.409 e. The van der Waals surface area contributed by atoms with E-state index in [4.69, 9.17) is 4.74 Å². The van der Waals surface area contributed by atoms with Crippen molar-refractivity contribution in [3.63, 3.8) is 0 Å². The van der Waals surface area contributed by atoms with Crippen LogP contribution in [0.25, 0.3) is 0 Å². The summed E-state index contributed by atoms with van der Waals surface area (Å²) < 4.78 is 9.30. The highest BCUT2D eigenvalue weighted by molar-refractivity contribution is 5.89. The van der Waals surface area contributed by atoms with Gasteiger partial charge in [-0.25, -0.2) is 9.59 Å². The molecule has 0 unspecified atom stereocenters. The molecule has 0 aromatic rings. The molecule has 0 saturated carbocycles. The summed E-state index contributed by atoms with van der Waals surface area (Å²) in [5.74, 6) is -0.653. The molecular formula is C10H15NO5. The highest BCUT2D eigenvalue weighted by Gasteiger charge is 2.27. The maximum absolute atomic E-state index is 11.4. The van der Waals surface area contributed by atoms with Crippen molar-refractivity contribution >= 4 is 12.1 Å². The van der Waals surface area contributed by atoms with Crippen LogP contribution < -0.4 is 0 Å². The lowest BCUT2D eigenvalue weighted by molar-refractivity contribution is -0.139. The molecule has 0 aliphatic carbocycles. The van der Waals surface area contributed by atoms with Gasteiger partial charge in [-0.05, 0) is 6.92 Å². The number of hydrogen-bond acceptors (Lipinski definition) is 5. The third kappa shape index (κ3) is 2.65. The maximum atomic E-state index is 11.4. The Balaban J connectivity index is 2.70. The van der Waals surface area contributed by atoms with Gasteiger partial charge in [0.05, 0.1) is 25.8 Å². The average Bonchev–Trinajstić information content (AvgIpc) is 2.28. The molecule has 0 saturated heterocycles. The molecule has 0 aromatic heterocycles. The molecule has 1 N–H and O–H groups in total. The van der Waals surface area contributed by atoms with Gasteiger partial charge in [-0.15, -0.1) is 0 Å². The van der Waals surface area contributed by atoms with Crippen LogP contribution in [0.3, 0.4) is 0 Å². The number of rotatable bonds is 2. The quantitative estimate of drug-likeness (QED) is 0.710. The molecule has 0 atom stereocenters. The second kappa shape index (κ2) is 5.39. The fraction of sp³-hybridized carbons (Fsp3) is 0.600. The summed E-state index contributed by atoms with van der Waals surface area (Å²) >= 11 is 0. The summed E-state index contributed by atoms with van der Waals surface area (Å²) in [7, 11) is 1.27. The minimum atomic E-state index is -0.524. The van der Waals surface area contributed by atoms with Crippen LogP contribution in [0, 0.1) is 0 Å². The molecule has 1 amide bonds. The van der Waals surface area contributed by atoms with Crippen LogP contribution in [-0.4, -0.2) is 48.9 Å². The van der Waals surface area contributed by atoms with Gasteiger partial charge in [-0.2, -0.15) is 0 Å². The second-order valence-electron chi connectivity index (χ2n) is 3.29. The van der Waals surface area contributed by atoms with Crippen molar-refractivity contribution in [2.75, 3.05) is 26.8 Å². The van der Waals surface area contributed by atoms with Crippen LogP contribution in [0.4, 0.5) is 4.79 Å². The summed E-state index contributed by atoms with van der Waals surface area (Å²) in [6, 6.07) is 0. The number of nitrogens with zero attached hydrogens (tertiary/aromatic N) is 1. The Kier molecular flexibility index (Phi) is 4.16. The topological polar surface area (TPSA) is 76.1 Å². The smallest absolute Gasteiger partial charge is 0.409 e. The van der Waals surface area contributed by atoms with Crippen LogP contribution in [0.2, 0.25) is 0 Å². The van der Waals surface area contributed by atoms with Gasteiger partial charge in [0.15, 0.2) is 0 Å². The van der Waals surface area contributed by atoms with Gasteiger partial charge in [0, 0.05) is 13.0 Å². The largest absolute Gasteiger partial charge is 0.510 e. The molecule has 1 aliphatic heterocycles. The van der Waals surface area contributed by atoms with E-state index < -0.39 is 12.1 Å². The number of methoxy groups -OCH3 is 1. The Morgan fingerprint density at radius 1 is 1.50 bits per heavy atom. The predicted octanol–water partition coefficient (Wildman–Crippen LogP) is 0.834. The zero-order valence-electron chi connectivity index (χ0n) is 9.36. The van der Waals surface area contributed by atoms with Crippen molar-refractivity contribution in [2.24, 2.45) is 0 Å². The molecule has 0 spiro atoms. The van der Waals surface area contributed by atoms with Gasteiger partial charge >= 0.3 is 12.1 Å². The fourth-order valence-electron chi connectivity index (χ4n) is 1.47. The minimum absolute atomic E-state index is 0.0131. The van der Waals surface area contributed by atoms with Crippen LogP contribution >= 0.6 is 0 Å². The van der Waals surface area contributed by atoms with E-state index >= 15 is 0 Å². The van der Waals surface area contributed by atoms with E-state index in [0.29, 0.717) is 6.54 Å². The zero-order chi connectivity index (χ0) is 12.1. The van der Waals surface area contributed by atoms with Crippen LogP contribution in [0.15, 0.2) is 11.3 Å². The lowest BCUT2D eigenvalue weighted by Gasteiger charge is -2.26. The van der Waals surface area contributed by atoms with Crippen molar-refractivity contribution in [2.45, 2.75) is 13.3 Å². The summed E-state index contributed by atoms with van der Waals surface area (Å²) in [6.45, 7) is 2.28. The van der Waals surface area contributed by atoms with Crippen LogP contribution in [-0.2, 0) is 14.3 Å². The third-order valence-electron chi connectivity index (χ3n) is 2.28. The minimum Gasteiger partial charge on any atom is -0.510 e. The van der Waals surface area contributed by atoms with E-state index in [0.717, 1.165) is 0 Å². The van der Waals surface area contributed by atoms with Crippen LogP contribution in [0.1, 0.15) is 13.3 Å². The van der Waals surface area contributed by atoms with E-state index in [1.54, 1.807) is 6.92 Å². The van der Waals surface area contributed by atoms with Crippen molar-refractivity contribution < 1.29 is 24.2 Å². The fourth-order valence-corrected chi connectivity index (χ4v) is 1.47. The third-order valence-corrected chi connectivity index (χ3v) is 2.28. The molecule has 90 valence electrons. The molecule has 0 aromatic carbocycles. The number of carbonyl (C=O) groups is 2. The SMILES string of the molecule is CCOC(=O)C1=C(O)CN(C(=O)OC)CC1. The van der Waals surface area contributed by atoms with E-state index in [1.807, 2.05) is 0 Å². The van der Waals surface area contributed by atoms with Crippen molar-refractivity contribution in [3.05, 3.63) is 11.3 Å². The summed E-state index contributed by atoms with van der Waals surface area (Å²) in [4.78, 5) is 23.9. The van der Waals surface area contributed by atoms with E-state index in [2.05, 4.69) is 4.74 Å². The summed E-state index contributed by atoms with van der Waals surface area (Å²) in [5.41, 5.74) is 0.238. The highest BCUT2D eigenvalue weighted by Crippen LogP contribution is 2.17. The summed E-state index contributed by atoms with van der Waals surface area (Å²) in [5, 5.41) is 9.61. The zero-order valence-corrected chi connectivity index (χ0v) is 9.36. The molecule has 0 bridgehead atoms. The van der Waals surface area contributed by atoms with Gasteiger partial charge in [-0.3, -0.25) is 0 Å². The Morgan fingerprint density at radius 3 is 2.69 bits per heavy atom. The van der Waals surface area contributed by atoms with Crippen molar-refractivity contribution in [1.82, 2.24) is 4.90 Å². The number of amides is 1. The Labute approximate surface area is 93.4 Å². The van der Waals surface area contributed by atoms with Crippen molar-refractivity contribution in [3.8, 4) is 0 Å². The number of carbonyl (C=O) groups excluding carboxylic acids is 2. The van der Waals surface area contributed by atoms with Crippen molar-refractivity contribution in [1.29, 1.82) is 0 Å². The van der Waals surface area contributed by atoms with E-state index in [1.165, 1.54) is 12.0 Å². The molecule has 6 heteroatoms. The first-order valence-electron chi connectivity index (χ1n) is 5.01. The molecular weight excluding hydrogens is 214 g/mol. The van der Waals surface area contributed by atoms with Crippen LogP contribution in [0.5, 0.6) is 0 Å². The first kappa shape index (κ1) is 12.4. The Morgan fingerprint density at radius 2 is 2.19 bits per heavy atom. The van der Waals surface area contributed by atoms with E-state index in [9.17, 15) is 14.7 Å². The van der Waals surface area contributed by atoms with Gasteiger partial charge < -0.3 is 19.5 Å². The number of ether oxygens (including phenoxy) is 2. The van der Waals surface area contributed by atoms with Gasteiger partial charge in [0.1, 0.15) is 5.76 Å². The highest BCUT2D eigenvalue weighted by atomic mass is 16.5. The molecule has 6 nitrogen and oxygen atoms in total. The first-order chi connectivity index (χ1) is 7.60. The monoisotopic (exact) mass is 229 g/mol. The number of esters is 1. The first-order valence-corrected chi connectivity index (χ1v) is 5.01. The van der Waals surface area contributed by atoms with Gasteiger partial charge in [0.25, 0.3) is 0 Å². The van der Waals surface area contributed by atoms with Gasteiger partial charge in [-0.1, -0.05) is 0 Å². The standard InChI is InChI=1S/C10H15NO5/c1-3-16-9(13)7-4-5-11(6-8(7)12)10(14)15-2/h12H,3-6H2,1-2H3. The number of hydrogen-bond donors (Lipinski definition) is 1. The predicted molar refractivity (Wildman–Crippen MR) is 54.9 cm³/mol. The van der Waals surface area contributed by atoms with Gasteiger partial charge in [0.2, 0.25) is 0 Å². The normalized spacial score (nSPS) is 16.0. The molecule has 1 heterocycles. The number of aliphatic hydroxyl groups excluding tert-OH is 1. The molecule has 1 aliphatic rings. The average molecular weight is 229 g/mol. The van der Waals surface area contributed by atoms with E-state index in [-0.39, 0.29) is 30.9 Å².